The SMILES string of the molecule is NC(=O)NCc1ccc(OCO)cc1. The molecule has 0 saturated carbocycles. The minimum Gasteiger partial charge on any atom is -0.468 e. The summed E-state index contributed by atoms with van der Waals surface area (Å²) in [6, 6.07) is 6.41. The zero-order chi connectivity index (χ0) is 10.4. The highest BCUT2D eigenvalue weighted by Gasteiger charge is 1.96. The summed E-state index contributed by atoms with van der Waals surface area (Å²) < 4.78 is 4.83. The minimum atomic E-state index is -0.555. The lowest BCUT2D eigenvalue weighted by atomic mass is 10.2. The number of rotatable bonds is 4. The van der Waals surface area contributed by atoms with E-state index in [1.807, 2.05) is 0 Å². The molecule has 14 heavy (non-hydrogen) atoms. The van der Waals surface area contributed by atoms with Crippen LogP contribution in [0, 0.1) is 0 Å². The predicted molar refractivity (Wildman–Crippen MR) is 50.6 cm³/mol. The van der Waals surface area contributed by atoms with Crippen molar-refractivity contribution in [3.05, 3.63) is 29.8 Å². The molecule has 0 unspecified atom stereocenters. The van der Waals surface area contributed by atoms with E-state index in [2.05, 4.69) is 5.32 Å². The van der Waals surface area contributed by atoms with E-state index >= 15 is 0 Å². The van der Waals surface area contributed by atoms with Gasteiger partial charge in [-0.05, 0) is 17.7 Å². The van der Waals surface area contributed by atoms with Gasteiger partial charge in [0.05, 0.1) is 0 Å². The molecule has 76 valence electrons. The first-order chi connectivity index (χ1) is 6.72. The number of nitrogens with one attached hydrogen (secondary N) is 1. The van der Waals surface area contributed by atoms with Gasteiger partial charge in [0.15, 0.2) is 6.79 Å². The van der Waals surface area contributed by atoms with Crippen LogP contribution in [0.25, 0.3) is 0 Å². The molecule has 0 saturated heterocycles. The third-order valence-corrected chi connectivity index (χ3v) is 1.62. The molecule has 5 nitrogen and oxygen atoms in total. The van der Waals surface area contributed by atoms with Crippen molar-refractivity contribution in [3.63, 3.8) is 0 Å². The number of nitrogens with two attached hydrogens (primary N) is 1. The van der Waals surface area contributed by atoms with Gasteiger partial charge in [-0.1, -0.05) is 12.1 Å². The number of amides is 2. The second-order valence-electron chi connectivity index (χ2n) is 2.64. The van der Waals surface area contributed by atoms with Crippen LogP contribution in [0.1, 0.15) is 5.56 Å². The maximum Gasteiger partial charge on any atom is 0.312 e. The van der Waals surface area contributed by atoms with Crippen LogP contribution in [0.4, 0.5) is 4.79 Å². The fraction of sp³-hybridized carbons (Fsp3) is 0.222. The highest BCUT2D eigenvalue weighted by molar-refractivity contribution is 5.71. The first-order valence-corrected chi connectivity index (χ1v) is 4.08. The Labute approximate surface area is 81.5 Å². The van der Waals surface area contributed by atoms with Crippen LogP contribution in [0.5, 0.6) is 5.75 Å². The van der Waals surface area contributed by atoms with E-state index in [1.54, 1.807) is 24.3 Å². The molecule has 5 heteroatoms. The molecule has 0 radical (unpaired) electrons. The Morgan fingerprint density at radius 3 is 2.57 bits per heavy atom. The zero-order valence-electron chi connectivity index (χ0n) is 7.56. The number of benzene rings is 1. The Balaban J connectivity index is 2.50. The molecule has 0 atom stereocenters. The lowest BCUT2D eigenvalue weighted by molar-refractivity contribution is 0.0985. The standard InChI is InChI=1S/C9H12N2O3/c10-9(13)11-5-7-1-3-8(4-2-7)14-6-12/h1-4,12H,5-6H2,(H3,10,11,13). The fourth-order valence-corrected chi connectivity index (χ4v) is 0.967. The topological polar surface area (TPSA) is 84.6 Å². The largest absolute Gasteiger partial charge is 0.468 e. The van der Waals surface area contributed by atoms with Gasteiger partial charge in [0.2, 0.25) is 0 Å². The van der Waals surface area contributed by atoms with Gasteiger partial charge in [0.1, 0.15) is 5.75 Å². The van der Waals surface area contributed by atoms with E-state index in [4.69, 9.17) is 15.6 Å². The molecular formula is C9H12N2O3. The number of hydrogen-bond donors (Lipinski definition) is 3. The van der Waals surface area contributed by atoms with E-state index in [-0.39, 0.29) is 6.79 Å². The van der Waals surface area contributed by atoms with Gasteiger partial charge in [0.25, 0.3) is 0 Å². The summed E-state index contributed by atoms with van der Waals surface area (Å²) in [5, 5.41) is 10.9. The molecule has 0 aliphatic heterocycles. The third-order valence-electron chi connectivity index (χ3n) is 1.62. The van der Waals surface area contributed by atoms with Crippen molar-refractivity contribution < 1.29 is 14.6 Å². The number of urea groups is 1. The van der Waals surface area contributed by atoms with Crippen molar-refractivity contribution >= 4 is 6.03 Å². The first-order valence-electron chi connectivity index (χ1n) is 4.08. The summed E-state index contributed by atoms with van der Waals surface area (Å²) in [7, 11) is 0. The van der Waals surface area contributed by atoms with E-state index in [9.17, 15) is 4.79 Å². The average molecular weight is 196 g/mol. The smallest absolute Gasteiger partial charge is 0.312 e. The summed E-state index contributed by atoms with van der Waals surface area (Å²) in [6.07, 6.45) is 0. The summed E-state index contributed by atoms with van der Waals surface area (Å²) in [5.74, 6) is 0.579. The lowest BCUT2D eigenvalue weighted by Crippen LogP contribution is -2.28. The molecule has 0 aliphatic rings. The normalized spacial score (nSPS) is 9.50. The number of ether oxygens (including phenoxy) is 1. The Hall–Kier alpha value is -1.75. The van der Waals surface area contributed by atoms with Crippen LogP contribution in [0.2, 0.25) is 0 Å². The maximum atomic E-state index is 10.4. The maximum absolute atomic E-state index is 10.4. The summed E-state index contributed by atoms with van der Waals surface area (Å²) in [4.78, 5) is 10.4. The van der Waals surface area contributed by atoms with E-state index in [0.29, 0.717) is 12.3 Å². The number of carbonyl (C=O) groups is 1. The quantitative estimate of drug-likeness (QED) is 0.601. The Morgan fingerprint density at radius 2 is 2.07 bits per heavy atom. The summed E-state index contributed by atoms with van der Waals surface area (Å²) in [6.45, 7) is 0.0353. The van der Waals surface area contributed by atoms with Gasteiger partial charge in [-0.3, -0.25) is 0 Å². The van der Waals surface area contributed by atoms with E-state index < -0.39 is 6.03 Å². The van der Waals surface area contributed by atoms with Crippen molar-refractivity contribution in [1.29, 1.82) is 0 Å². The lowest BCUT2D eigenvalue weighted by Gasteiger charge is -2.04. The number of aliphatic hydroxyl groups is 1. The Morgan fingerprint density at radius 1 is 1.43 bits per heavy atom. The number of hydrogen-bond acceptors (Lipinski definition) is 3. The number of carbonyl (C=O) groups excluding carboxylic acids is 1. The molecule has 0 fully saturated rings. The van der Waals surface area contributed by atoms with E-state index in [1.165, 1.54) is 0 Å². The van der Waals surface area contributed by atoms with Gasteiger partial charge >= 0.3 is 6.03 Å². The van der Waals surface area contributed by atoms with Crippen LogP contribution in [-0.4, -0.2) is 17.9 Å². The fourth-order valence-electron chi connectivity index (χ4n) is 0.967. The van der Waals surface area contributed by atoms with Gasteiger partial charge < -0.3 is 20.9 Å². The molecule has 0 aromatic heterocycles. The molecule has 1 aromatic rings. The van der Waals surface area contributed by atoms with Crippen LogP contribution in [0.3, 0.4) is 0 Å². The van der Waals surface area contributed by atoms with Crippen molar-refractivity contribution in [1.82, 2.24) is 5.32 Å². The van der Waals surface area contributed by atoms with Crippen molar-refractivity contribution in [2.75, 3.05) is 6.79 Å². The van der Waals surface area contributed by atoms with Crippen LogP contribution in [0.15, 0.2) is 24.3 Å². The Kier molecular flexibility index (Phi) is 3.75. The molecule has 1 aromatic carbocycles. The molecule has 0 spiro atoms. The highest BCUT2D eigenvalue weighted by Crippen LogP contribution is 2.11. The zero-order valence-corrected chi connectivity index (χ0v) is 7.56. The monoisotopic (exact) mass is 196 g/mol. The van der Waals surface area contributed by atoms with Crippen molar-refractivity contribution in [2.24, 2.45) is 5.73 Å². The molecule has 0 aliphatic carbocycles. The third kappa shape index (κ3) is 3.32. The minimum absolute atomic E-state index is 0.348. The van der Waals surface area contributed by atoms with E-state index in [0.717, 1.165) is 5.56 Å². The summed E-state index contributed by atoms with van der Waals surface area (Å²) >= 11 is 0. The molecule has 4 N–H and O–H groups in total. The predicted octanol–water partition coefficient (Wildman–Crippen LogP) is 0.183. The molecule has 0 heterocycles. The summed E-state index contributed by atoms with van der Waals surface area (Å²) in [5.41, 5.74) is 5.82. The Bertz CT molecular complexity index is 297. The van der Waals surface area contributed by atoms with Crippen LogP contribution in [-0.2, 0) is 6.54 Å². The van der Waals surface area contributed by atoms with Gasteiger partial charge in [0, 0.05) is 6.54 Å². The average Bonchev–Trinajstić information content (AvgIpc) is 2.17. The van der Waals surface area contributed by atoms with Gasteiger partial charge in [-0.15, -0.1) is 0 Å². The molecule has 2 amide bonds. The molecule has 1 rings (SSSR count). The second kappa shape index (κ2) is 5.08. The van der Waals surface area contributed by atoms with Crippen molar-refractivity contribution in [3.8, 4) is 5.75 Å². The van der Waals surface area contributed by atoms with Crippen LogP contribution >= 0.6 is 0 Å². The van der Waals surface area contributed by atoms with Crippen molar-refractivity contribution in [2.45, 2.75) is 6.54 Å². The second-order valence-corrected chi connectivity index (χ2v) is 2.64. The molecular weight excluding hydrogens is 184 g/mol. The van der Waals surface area contributed by atoms with Crippen LogP contribution < -0.4 is 15.8 Å². The number of primary amides is 1. The van der Waals surface area contributed by atoms with Gasteiger partial charge in [-0.25, -0.2) is 4.79 Å². The van der Waals surface area contributed by atoms with Gasteiger partial charge in [-0.2, -0.15) is 0 Å². The first kappa shape index (κ1) is 10.3. The number of aliphatic hydroxyl groups excluding tert-OH is 1. The molecule has 0 bridgehead atoms. The highest BCUT2D eigenvalue weighted by atomic mass is 16.6.